The Morgan fingerprint density at radius 1 is 1.26 bits per heavy atom. The number of benzene rings is 1. The SMILES string of the molecule is COc1ccc(CCNC(=O)c2cc(NC3CCS(=O)(=O)C3)ncn2)cc1. The molecule has 27 heavy (non-hydrogen) atoms. The van der Waals surface area contributed by atoms with Gasteiger partial charge in [-0.2, -0.15) is 0 Å². The molecule has 2 aromatic rings. The molecule has 0 radical (unpaired) electrons. The lowest BCUT2D eigenvalue weighted by atomic mass is 10.1. The summed E-state index contributed by atoms with van der Waals surface area (Å²) in [6, 6.07) is 9.01. The molecule has 1 atom stereocenters. The molecule has 0 saturated carbocycles. The Bertz CT molecular complexity index is 900. The molecular weight excluding hydrogens is 368 g/mol. The first-order valence-corrected chi connectivity index (χ1v) is 10.5. The minimum Gasteiger partial charge on any atom is -0.497 e. The van der Waals surface area contributed by atoms with E-state index in [1.165, 1.54) is 12.4 Å². The summed E-state index contributed by atoms with van der Waals surface area (Å²) in [5.41, 5.74) is 1.33. The lowest BCUT2D eigenvalue weighted by molar-refractivity contribution is 0.0949. The van der Waals surface area contributed by atoms with Gasteiger partial charge in [-0.25, -0.2) is 18.4 Å². The molecule has 1 amide bonds. The van der Waals surface area contributed by atoms with E-state index in [0.717, 1.165) is 11.3 Å². The number of ether oxygens (including phenoxy) is 1. The van der Waals surface area contributed by atoms with Crippen molar-refractivity contribution in [1.82, 2.24) is 15.3 Å². The van der Waals surface area contributed by atoms with Gasteiger partial charge in [-0.3, -0.25) is 4.79 Å². The summed E-state index contributed by atoms with van der Waals surface area (Å²) in [5, 5.41) is 5.89. The fourth-order valence-electron chi connectivity index (χ4n) is 2.88. The number of nitrogens with one attached hydrogen (secondary N) is 2. The summed E-state index contributed by atoms with van der Waals surface area (Å²) in [7, 11) is -1.36. The van der Waals surface area contributed by atoms with Gasteiger partial charge in [0.05, 0.1) is 18.6 Å². The first-order valence-electron chi connectivity index (χ1n) is 8.65. The number of hydrogen-bond donors (Lipinski definition) is 2. The number of methoxy groups -OCH3 is 1. The second-order valence-corrected chi connectivity index (χ2v) is 8.62. The molecule has 1 aliphatic rings. The third-order valence-corrected chi connectivity index (χ3v) is 6.11. The average molecular weight is 390 g/mol. The van der Waals surface area contributed by atoms with Crippen molar-refractivity contribution in [3.63, 3.8) is 0 Å². The van der Waals surface area contributed by atoms with Crippen LogP contribution in [0.25, 0.3) is 0 Å². The number of anilines is 1. The van der Waals surface area contributed by atoms with Gasteiger partial charge < -0.3 is 15.4 Å². The number of carbonyl (C=O) groups excluding carboxylic acids is 1. The van der Waals surface area contributed by atoms with Gasteiger partial charge in [0.2, 0.25) is 0 Å². The molecule has 8 nitrogen and oxygen atoms in total. The fraction of sp³-hybridized carbons (Fsp3) is 0.389. The van der Waals surface area contributed by atoms with Crippen molar-refractivity contribution in [3.05, 3.63) is 47.9 Å². The molecule has 1 aliphatic heterocycles. The zero-order valence-electron chi connectivity index (χ0n) is 15.0. The van der Waals surface area contributed by atoms with Gasteiger partial charge in [0, 0.05) is 18.7 Å². The minimum absolute atomic E-state index is 0.0837. The molecule has 1 aromatic carbocycles. The van der Waals surface area contributed by atoms with E-state index in [4.69, 9.17) is 4.74 Å². The largest absolute Gasteiger partial charge is 0.497 e. The summed E-state index contributed by atoms with van der Waals surface area (Å²) in [6.45, 7) is 0.471. The van der Waals surface area contributed by atoms with Crippen LogP contribution in [0, 0.1) is 0 Å². The second-order valence-electron chi connectivity index (χ2n) is 6.39. The van der Waals surface area contributed by atoms with E-state index < -0.39 is 9.84 Å². The Morgan fingerprint density at radius 2 is 2.04 bits per heavy atom. The quantitative estimate of drug-likeness (QED) is 0.727. The van der Waals surface area contributed by atoms with E-state index in [1.807, 2.05) is 24.3 Å². The van der Waals surface area contributed by atoms with Crippen molar-refractivity contribution in [2.75, 3.05) is 30.5 Å². The second kappa shape index (κ2) is 8.34. The lowest BCUT2D eigenvalue weighted by Crippen LogP contribution is -2.27. The van der Waals surface area contributed by atoms with Gasteiger partial charge in [-0.15, -0.1) is 0 Å². The molecule has 1 fully saturated rings. The highest BCUT2D eigenvalue weighted by atomic mass is 32.2. The maximum atomic E-state index is 12.3. The van der Waals surface area contributed by atoms with Crippen LogP contribution in [0.1, 0.15) is 22.5 Å². The number of nitrogens with zero attached hydrogens (tertiary/aromatic N) is 2. The summed E-state index contributed by atoms with van der Waals surface area (Å²) in [4.78, 5) is 20.3. The number of aromatic nitrogens is 2. The predicted molar refractivity (Wildman–Crippen MR) is 102 cm³/mol. The Kier molecular flexibility index (Phi) is 5.90. The zero-order valence-corrected chi connectivity index (χ0v) is 15.8. The van der Waals surface area contributed by atoms with Crippen LogP contribution in [0.4, 0.5) is 5.82 Å². The van der Waals surface area contributed by atoms with Crippen LogP contribution in [0.2, 0.25) is 0 Å². The Balaban J connectivity index is 1.52. The molecule has 1 aromatic heterocycles. The van der Waals surface area contributed by atoms with Crippen LogP contribution >= 0.6 is 0 Å². The molecule has 0 aliphatic carbocycles. The van der Waals surface area contributed by atoms with Gasteiger partial charge in [0.25, 0.3) is 5.91 Å². The average Bonchev–Trinajstić information content (AvgIpc) is 3.00. The summed E-state index contributed by atoms with van der Waals surface area (Å²) < 4.78 is 28.2. The molecule has 9 heteroatoms. The highest BCUT2D eigenvalue weighted by Gasteiger charge is 2.28. The Morgan fingerprint density at radius 3 is 2.70 bits per heavy atom. The lowest BCUT2D eigenvalue weighted by Gasteiger charge is -2.12. The molecule has 0 bridgehead atoms. The molecule has 1 unspecified atom stereocenters. The van der Waals surface area contributed by atoms with Crippen molar-refractivity contribution in [2.45, 2.75) is 18.9 Å². The number of amides is 1. The van der Waals surface area contributed by atoms with E-state index in [9.17, 15) is 13.2 Å². The van der Waals surface area contributed by atoms with Crippen molar-refractivity contribution >= 4 is 21.6 Å². The normalized spacial score (nSPS) is 18.0. The van der Waals surface area contributed by atoms with E-state index in [2.05, 4.69) is 20.6 Å². The van der Waals surface area contributed by atoms with Crippen LogP contribution in [0.5, 0.6) is 5.75 Å². The zero-order chi connectivity index (χ0) is 19.3. The third-order valence-electron chi connectivity index (χ3n) is 4.34. The number of rotatable bonds is 7. The Hall–Kier alpha value is -2.68. The summed E-state index contributed by atoms with van der Waals surface area (Å²) in [6.07, 6.45) is 2.52. The standard InChI is InChI=1S/C18H22N4O4S/c1-26-15-4-2-13(3-5-15)6-8-19-18(23)16-10-17(21-12-20-16)22-14-7-9-27(24,25)11-14/h2-5,10,12,14H,6-9,11H2,1H3,(H,19,23)(H,20,21,22). The van der Waals surface area contributed by atoms with E-state index >= 15 is 0 Å². The first kappa shape index (κ1) is 19.1. The number of hydrogen-bond acceptors (Lipinski definition) is 7. The van der Waals surface area contributed by atoms with E-state index in [-0.39, 0.29) is 29.1 Å². The van der Waals surface area contributed by atoms with Crippen molar-refractivity contribution in [2.24, 2.45) is 0 Å². The maximum absolute atomic E-state index is 12.3. The Labute approximate surface area is 158 Å². The molecule has 1 saturated heterocycles. The highest BCUT2D eigenvalue weighted by molar-refractivity contribution is 7.91. The molecule has 3 rings (SSSR count). The van der Waals surface area contributed by atoms with Gasteiger partial charge in [-0.05, 0) is 30.5 Å². The fourth-order valence-corrected chi connectivity index (χ4v) is 4.55. The number of sulfone groups is 1. The predicted octanol–water partition coefficient (Wildman–Crippen LogP) is 1.06. The molecule has 2 N–H and O–H groups in total. The van der Waals surface area contributed by atoms with Crippen LogP contribution < -0.4 is 15.4 Å². The topological polar surface area (TPSA) is 110 Å². The monoisotopic (exact) mass is 390 g/mol. The van der Waals surface area contributed by atoms with E-state index in [1.54, 1.807) is 7.11 Å². The first-order chi connectivity index (χ1) is 12.9. The minimum atomic E-state index is -2.98. The van der Waals surface area contributed by atoms with E-state index in [0.29, 0.717) is 25.2 Å². The van der Waals surface area contributed by atoms with Gasteiger partial charge >= 0.3 is 0 Å². The van der Waals surface area contributed by atoms with Crippen LogP contribution in [0.3, 0.4) is 0 Å². The van der Waals surface area contributed by atoms with Gasteiger partial charge in [-0.1, -0.05) is 12.1 Å². The summed E-state index contributed by atoms with van der Waals surface area (Å²) in [5.74, 6) is 1.20. The molecule has 2 heterocycles. The van der Waals surface area contributed by atoms with Gasteiger partial charge in [0.15, 0.2) is 9.84 Å². The summed E-state index contributed by atoms with van der Waals surface area (Å²) >= 11 is 0. The van der Waals surface area contributed by atoms with Crippen LogP contribution in [-0.2, 0) is 16.3 Å². The van der Waals surface area contributed by atoms with Crippen molar-refractivity contribution < 1.29 is 17.9 Å². The smallest absolute Gasteiger partial charge is 0.270 e. The molecule has 0 spiro atoms. The third kappa shape index (κ3) is 5.40. The van der Waals surface area contributed by atoms with Gasteiger partial charge in [0.1, 0.15) is 23.6 Å². The van der Waals surface area contributed by atoms with Crippen LogP contribution in [0.15, 0.2) is 36.7 Å². The molecule has 144 valence electrons. The molecular formula is C18H22N4O4S. The highest BCUT2D eigenvalue weighted by Crippen LogP contribution is 2.16. The van der Waals surface area contributed by atoms with Crippen molar-refractivity contribution in [1.29, 1.82) is 0 Å². The van der Waals surface area contributed by atoms with Crippen molar-refractivity contribution in [3.8, 4) is 5.75 Å². The van der Waals surface area contributed by atoms with Crippen LogP contribution in [-0.4, -0.2) is 55.5 Å². The maximum Gasteiger partial charge on any atom is 0.270 e. The number of carbonyl (C=O) groups is 1.